The second-order valence-corrected chi connectivity index (χ2v) is 5.35. The van der Waals surface area contributed by atoms with E-state index in [1.165, 1.54) is 35.5 Å². The van der Waals surface area contributed by atoms with Gasteiger partial charge in [0.2, 0.25) is 0 Å². The first-order valence-electron chi connectivity index (χ1n) is 5.23. The fourth-order valence-electron chi connectivity index (χ4n) is 2.47. The fraction of sp³-hybridized carbons (Fsp3) is 0.700. The van der Waals surface area contributed by atoms with Gasteiger partial charge in [-0.05, 0) is 18.6 Å². The van der Waals surface area contributed by atoms with Gasteiger partial charge in [-0.2, -0.15) is 16.9 Å². The standard InChI is InChI=1S/C10H15N3S/c1-13-10(9-3-2-4-14-9)7-5-11-6-8(7)12-13/h9,11H,2-6H2,1H3. The maximum absolute atomic E-state index is 4.58. The molecule has 14 heavy (non-hydrogen) atoms. The predicted octanol–water partition coefficient (Wildman–Crippen LogP) is 1.59. The van der Waals surface area contributed by atoms with Crippen molar-refractivity contribution < 1.29 is 0 Å². The van der Waals surface area contributed by atoms with E-state index in [2.05, 4.69) is 33.9 Å². The van der Waals surface area contributed by atoms with Gasteiger partial charge < -0.3 is 5.32 Å². The summed E-state index contributed by atoms with van der Waals surface area (Å²) in [7, 11) is 2.09. The van der Waals surface area contributed by atoms with Gasteiger partial charge in [0.1, 0.15) is 0 Å². The molecular formula is C10H15N3S. The van der Waals surface area contributed by atoms with Gasteiger partial charge in [-0.1, -0.05) is 0 Å². The molecule has 0 spiro atoms. The van der Waals surface area contributed by atoms with Gasteiger partial charge in [-0.3, -0.25) is 4.68 Å². The minimum atomic E-state index is 0.705. The maximum Gasteiger partial charge on any atom is 0.0810 e. The van der Waals surface area contributed by atoms with Crippen LogP contribution in [0.1, 0.15) is 35.0 Å². The summed E-state index contributed by atoms with van der Waals surface area (Å²) >= 11 is 2.09. The van der Waals surface area contributed by atoms with E-state index in [1.807, 2.05) is 0 Å². The number of rotatable bonds is 1. The first-order chi connectivity index (χ1) is 6.86. The molecule has 3 nitrogen and oxygen atoms in total. The first-order valence-corrected chi connectivity index (χ1v) is 6.28. The summed E-state index contributed by atoms with van der Waals surface area (Å²) in [6, 6.07) is 0. The molecule has 1 saturated heterocycles. The first kappa shape index (κ1) is 8.80. The molecule has 0 saturated carbocycles. The van der Waals surface area contributed by atoms with Gasteiger partial charge in [0.25, 0.3) is 0 Å². The Labute approximate surface area is 88.3 Å². The lowest BCUT2D eigenvalue weighted by molar-refractivity contribution is 0.640. The minimum Gasteiger partial charge on any atom is -0.307 e. The van der Waals surface area contributed by atoms with Crippen molar-refractivity contribution in [3.8, 4) is 0 Å². The van der Waals surface area contributed by atoms with Gasteiger partial charge in [0.15, 0.2) is 0 Å². The van der Waals surface area contributed by atoms with Crippen LogP contribution >= 0.6 is 11.8 Å². The fourth-order valence-corrected chi connectivity index (χ4v) is 3.88. The van der Waals surface area contributed by atoms with Crippen molar-refractivity contribution in [2.75, 3.05) is 5.75 Å². The topological polar surface area (TPSA) is 29.9 Å². The molecule has 0 aliphatic carbocycles. The van der Waals surface area contributed by atoms with Crippen LogP contribution in [0.5, 0.6) is 0 Å². The number of nitrogens with one attached hydrogen (secondary N) is 1. The maximum atomic E-state index is 4.58. The van der Waals surface area contributed by atoms with Crippen LogP contribution in [0, 0.1) is 0 Å². The molecule has 1 aromatic heterocycles. The van der Waals surface area contributed by atoms with Crippen molar-refractivity contribution in [3.63, 3.8) is 0 Å². The Morgan fingerprint density at radius 2 is 2.43 bits per heavy atom. The number of aromatic nitrogens is 2. The van der Waals surface area contributed by atoms with E-state index in [0.29, 0.717) is 5.25 Å². The van der Waals surface area contributed by atoms with Crippen LogP contribution in [-0.2, 0) is 20.1 Å². The Balaban J connectivity index is 2.02. The third kappa shape index (κ3) is 1.21. The second kappa shape index (κ2) is 3.28. The van der Waals surface area contributed by atoms with Crippen molar-refractivity contribution >= 4 is 11.8 Å². The van der Waals surface area contributed by atoms with Crippen molar-refractivity contribution in [2.45, 2.75) is 31.2 Å². The summed E-state index contributed by atoms with van der Waals surface area (Å²) in [5.74, 6) is 1.32. The van der Waals surface area contributed by atoms with Crippen molar-refractivity contribution in [1.82, 2.24) is 15.1 Å². The summed E-state index contributed by atoms with van der Waals surface area (Å²) < 4.78 is 2.11. The zero-order valence-corrected chi connectivity index (χ0v) is 9.23. The average Bonchev–Trinajstić information content (AvgIpc) is 2.78. The van der Waals surface area contributed by atoms with Crippen LogP contribution in [0.3, 0.4) is 0 Å². The summed E-state index contributed by atoms with van der Waals surface area (Å²) in [6.07, 6.45) is 2.69. The molecule has 3 heterocycles. The Morgan fingerprint density at radius 3 is 3.21 bits per heavy atom. The van der Waals surface area contributed by atoms with Crippen molar-refractivity contribution in [1.29, 1.82) is 0 Å². The number of thioether (sulfide) groups is 1. The number of hydrogen-bond donors (Lipinski definition) is 1. The lowest BCUT2D eigenvalue weighted by atomic mass is 10.1. The van der Waals surface area contributed by atoms with E-state index in [4.69, 9.17) is 0 Å². The molecule has 76 valence electrons. The lowest BCUT2D eigenvalue weighted by Gasteiger charge is -2.11. The highest BCUT2D eigenvalue weighted by atomic mass is 32.2. The third-order valence-corrected chi connectivity index (χ3v) is 4.49. The molecule has 1 unspecified atom stereocenters. The van der Waals surface area contributed by atoms with Gasteiger partial charge >= 0.3 is 0 Å². The minimum absolute atomic E-state index is 0.705. The molecule has 4 heteroatoms. The van der Waals surface area contributed by atoms with Crippen LogP contribution in [0.15, 0.2) is 0 Å². The normalized spacial score (nSPS) is 25.6. The summed E-state index contributed by atoms with van der Waals surface area (Å²) in [5.41, 5.74) is 4.23. The summed E-state index contributed by atoms with van der Waals surface area (Å²) in [5, 5.41) is 8.66. The third-order valence-electron chi connectivity index (χ3n) is 3.11. The Morgan fingerprint density at radius 1 is 1.50 bits per heavy atom. The molecule has 0 bridgehead atoms. The van der Waals surface area contributed by atoms with E-state index in [0.717, 1.165) is 13.1 Å². The van der Waals surface area contributed by atoms with Gasteiger partial charge in [0.05, 0.1) is 11.4 Å². The predicted molar refractivity (Wildman–Crippen MR) is 58.2 cm³/mol. The van der Waals surface area contributed by atoms with E-state index < -0.39 is 0 Å². The molecule has 0 aromatic carbocycles. The van der Waals surface area contributed by atoms with Gasteiger partial charge in [-0.15, -0.1) is 0 Å². The van der Waals surface area contributed by atoms with E-state index in [1.54, 1.807) is 0 Å². The average molecular weight is 209 g/mol. The largest absolute Gasteiger partial charge is 0.307 e. The second-order valence-electron chi connectivity index (χ2n) is 4.04. The van der Waals surface area contributed by atoms with Crippen molar-refractivity contribution in [2.24, 2.45) is 7.05 Å². The molecule has 0 radical (unpaired) electrons. The summed E-state index contributed by atoms with van der Waals surface area (Å²) in [6.45, 7) is 1.98. The van der Waals surface area contributed by atoms with E-state index in [9.17, 15) is 0 Å². The molecule has 0 amide bonds. The highest BCUT2D eigenvalue weighted by molar-refractivity contribution is 7.99. The quantitative estimate of drug-likeness (QED) is 0.762. The van der Waals surface area contributed by atoms with Crippen LogP contribution in [0.25, 0.3) is 0 Å². The molecule has 1 atom stereocenters. The number of aryl methyl sites for hydroxylation is 1. The van der Waals surface area contributed by atoms with Crippen molar-refractivity contribution in [3.05, 3.63) is 17.0 Å². The van der Waals surface area contributed by atoms with Gasteiger partial charge in [0, 0.05) is 31.0 Å². The SMILES string of the molecule is Cn1nc2c(c1C1CCCS1)CNC2. The van der Waals surface area contributed by atoms with Gasteiger partial charge in [-0.25, -0.2) is 0 Å². The molecular weight excluding hydrogens is 194 g/mol. The van der Waals surface area contributed by atoms with E-state index >= 15 is 0 Å². The van der Waals surface area contributed by atoms with Crippen LogP contribution in [-0.4, -0.2) is 15.5 Å². The number of fused-ring (bicyclic) bond motifs is 1. The highest BCUT2D eigenvalue weighted by Crippen LogP contribution is 2.42. The smallest absolute Gasteiger partial charge is 0.0810 e. The highest BCUT2D eigenvalue weighted by Gasteiger charge is 2.28. The molecule has 2 aliphatic rings. The van der Waals surface area contributed by atoms with Crippen LogP contribution in [0.4, 0.5) is 0 Å². The lowest BCUT2D eigenvalue weighted by Crippen LogP contribution is -2.09. The zero-order chi connectivity index (χ0) is 9.54. The molecule has 1 aromatic rings. The Hall–Kier alpha value is -0.480. The monoisotopic (exact) mass is 209 g/mol. The van der Waals surface area contributed by atoms with E-state index in [-0.39, 0.29) is 0 Å². The number of hydrogen-bond acceptors (Lipinski definition) is 3. The van der Waals surface area contributed by atoms with Crippen LogP contribution < -0.4 is 5.32 Å². The Bertz CT molecular complexity index is 352. The summed E-state index contributed by atoms with van der Waals surface area (Å²) in [4.78, 5) is 0. The zero-order valence-electron chi connectivity index (χ0n) is 8.42. The molecule has 1 fully saturated rings. The van der Waals surface area contributed by atoms with Crippen LogP contribution in [0.2, 0.25) is 0 Å². The molecule has 2 aliphatic heterocycles. The molecule has 1 N–H and O–H groups in total. The Kier molecular flexibility index (Phi) is 2.06. The molecule has 3 rings (SSSR count). The number of nitrogens with zero attached hydrogens (tertiary/aromatic N) is 2.